The van der Waals surface area contributed by atoms with Crippen LogP contribution in [0.2, 0.25) is 5.02 Å². The second-order valence-corrected chi connectivity index (χ2v) is 7.15. The molecule has 5 nitrogen and oxygen atoms in total. The maximum atomic E-state index is 12.8. The van der Waals surface area contributed by atoms with Gasteiger partial charge < -0.3 is 9.80 Å². The van der Waals surface area contributed by atoms with Gasteiger partial charge >= 0.3 is 0 Å². The van der Waals surface area contributed by atoms with Crippen LogP contribution in [-0.4, -0.2) is 54.8 Å². The normalized spacial score (nSPS) is 17.9. The molecule has 1 saturated heterocycles. The molecule has 138 valence electrons. The third kappa shape index (κ3) is 3.19. The SMILES string of the molecule is CN1C(=O)C(c2ccc(Cl)cc2)=C(N2CCN(c3ccccc3)CC2)C1=O. The van der Waals surface area contributed by atoms with E-state index >= 15 is 0 Å². The third-order valence-corrected chi connectivity index (χ3v) is 5.36. The summed E-state index contributed by atoms with van der Waals surface area (Å²) in [5.74, 6) is -0.499. The molecule has 0 unspecified atom stereocenters. The molecule has 2 aromatic rings. The Balaban J connectivity index is 1.63. The summed E-state index contributed by atoms with van der Waals surface area (Å²) in [5, 5.41) is 0.600. The molecule has 4 rings (SSSR count). The lowest BCUT2D eigenvalue weighted by molar-refractivity contribution is -0.135. The van der Waals surface area contributed by atoms with E-state index in [0.717, 1.165) is 18.7 Å². The molecular weight excluding hydrogens is 362 g/mol. The van der Waals surface area contributed by atoms with E-state index in [2.05, 4.69) is 17.0 Å². The van der Waals surface area contributed by atoms with E-state index < -0.39 is 0 Å². The molecule has 0 aromatic heterocycles. The minimum Gasteiger partial charge on any atom is -0.368 e. The highest BCUT2D eigenvalue weighted by molar-refractivity contribution is 6.35. The number of rotatable bonds is 3. The first-order valence-electron chi connectivity index (χ1n) is 8.94. The Morgan fingerprint density at radius 2 is 1.37 bits per heavy atom. The number of halogens is 1. The van der Waals surface area contributed by atoms with Gasteiger partial charge in [0.25, 0.3) is 11.8 Å². The Morgan fingerprint density at radius 1 is 0.778 bits per heavy atom. The summed E-state index contributed by atoms with van der Waals surface area (Å²) < 4.78 is 0. The monoisotopic (exact) mass is 381 g/mol. The van der Waals surface area contributed by atoms with Crippen molar-refractivity contribution in [3.63, 3.8) is 0 Å². The number of hydrogen-bond donors (Lipinski definition) is 0. The number of piperazine rings is 1. The number of para-hydroxylation sites is 1. The minimum absolute atomic E-state index is 0.238. The van der Waals surface area contributed by atoms with Crippen LogP contribution in [-0.2, 0) is 9.59 Å². The van der Waals surface area contributed by atoms with Gasteiger partial charge in [-0.1, -0.05) is 41.9 Å². The molecule has 0 aliphatic carbocycles. The van der Waals surface area contributed by atoms with Gasteiger partial charge in [-0.2, -0.15) is 0 Å². The molecular formula is C21H20ClN3O2. The molecule has 2 heterocycles. The van der Waals surface area contributed by atoms with Crippen molar-refractivity contribution in [3.8, 4) is 0 Å². The zero-order valence-electron chi connectivity index (χ0n) is 15.1. The standard InChI is InChI=1S/C21H20ClN3O2/c1-23-20(26)18(15-7-9-16(22)10-8-15)19(21(23)27)25-13-11-24(12-14-25)17-5-3-2-4-6-17/h2-10H,11-14H2,1H3. The van der Waals surface area contributed by atoms with Gasteiger partial charge in [0, 0.05) is 43.9 Å². The molecule has 0 spiro atoms. The Hall–Kier alpha value is -2.79. The Bertz CT molecular complexity index is 901. The highest BCUT2D eigenvalue weighted by Gasteiger charge is 2.40. The fourth-order valence-corrected chi connectivity index (χ4v) is 3.75. The van der Waals surface area contributed by atoms with Crippen molar-refractivity contribution in [2.24, 2.45) is 0 Å². The van der Waals surface area contributed by atoms with Gasteiger partial charge in [-0.15, -0.1) is 0 Å². The molecule has 27 heavy (non-hydrogen) atoms. The lowest BCUT2D eigenvalue weighted by Gasteiger charge is -2.37. The Labute approximate surface area is 163 Å². The van der Waals surface area contributed by atoms with Crippen molar-refractivity contribution >= 4 is 34.7 Å². The number of benzene rings is 2. The van der Waals surface area contributed by atoms with E-state index in [1.165, 1.54) is 17.6 Å². The van der Waals surface area contributed by atoms with E-state index in [-0.39, 0.29) is 11.8 Å². The molecule has 0 radical (unpaired) electrons. The largest absolute Gasteiger partial charge is 0.368 e. The first-order valence-corrected chi connectivity index (χ1v) is 9.31. The minimum atomic E-state index is -0.261. The first-order chi connectivity index (χ1) is 13.1. The summed E-state index contributed by atoms with van der Waals surface area (Å²) >= 11 is 5.98. The van der Waals surface area contributed by atoms with Crippen molar-refractivity contribution in [1.29, 1.82) is 0 Å². The quantitative estimate of drug-likeness (QED) is 0.767. The number of nitrogens with zero attached hydrogens (tertiary/aromatic N) is 3. The van der Waals surface area contributed by atoms with E-state index in [0.29, 0.717) is 29.4 Å². The average Bonchev–Trinajstić information content (AvgIpc) is 2.93. The molecule has 1 fully saturated rings. The summed E-state index contributed by atoms with van der Waals surface area (Å²) in [6.45, 7) is 2.97. The molecule has 0 saturated carbocycles. The summed E-state index contributed by atoms with van der Waals surface area (Å²) in [6.07, 6.45) is 0. The van der Waals surface area contributed by atoms with Gasteiger partial charge in [-0.05, 0) is 29.8 Å². The lowest BCUT2D eigenvalue weighted by atomic mass is 10.0. The number of carbonyl (C=O) groups is 2. The van der Waals surface area contributed by atoms with Gasteiger partial charge in [0.05, 0.1) is 5.57 Å². The number of anilines is 1. The van der Waals surface area contributed by atoms with Crippen LogP contribution in [0.3, 0.4) is 0 Å². The molecule has 2 aliphatic rings. The zero-order chi connectivity index (χ0) is 19.0. The van der Waals surface area contributed by atoms with Crippen molar-refractivity contribution in [2.75, 3.05) is 38.1 Å². The molecule has 0 N–H and O–H groups in total. The number of imide groups is 1. The highest BCUT2D eigenvalue weighted by atomic mass is 35.5. The Morgan fingerprint density at radius 3 is 2.00 bits per heavy atom. The van der Waals surface area contributed by atoms with E-state index in [4.69, 9.17) is 11.6 Å². The zero-order valence-corrected chi connectivity index (χ0v) is 15.8. The summed E-state index contributed by atoms with van der Waals surface area (Å²) in [5.41, 5.74) is 2.86. The smallest absolute Gasteiger partial charge is 0.277 e. The summed E-state index contributed by atoms with van der Waals surface area (Å²) in [4.78, 5) is 31.0. The van der Waals surface area contributed by atoms with E-state index in [9.17, 15) is 9.59 Å². The fraction of sp³-hybridized carbons (Fsp3) is 0.238. The predicted molar refractivity (Wildman–Crippen MR) is 106 cm³/mol. The van der Waals surface area contributed by atoms with Crippen LogP contribution >= 0.6 is 11.6 Å². The average molecular weight is 382 g/mol. The van der Waals surface area contributed by atoms with Gasteiger partial charge in [0.1, 0.15) is 5.70 Å². The van der Waals surface area contributed by atoms with Crippen LogP contribution < -0.4 is 4.90 Å². The van der Waals surface area contributed by atoms with Crippen molar-refractivity contribution in [2.45, 2.75) is 0 Å². The van der Waals surface area contributed by atoms with E-state index in [1.54, 1.807) is 24.3 Å². The third-order valence-electron chi connectivity index (χ3n) is 5.11. The molecule has 2 amide bonds. The number of amides is 2. The van der Waals surface area contributed by atoms with E-state index in [1.807, 2.05) is 23.1 Å². The van der Waals surface area contributed by atoms with Crippen LogP contribution in [0, 0.1) is 0 Å². The number of likely N-dealkylation sites (N-methyl/N-ethyl adjacent to an activating group) is 1. The van der Waals surface area contributed by atoms with Gasteiger partial charge in [0.2, 0.25) is 0 Å². The number of hydrogen-bond acceptors (Lipinski definition) is 4. The van der Waals surface area contributed by atoms with Crippen LogP contribution in [0.15, 0.2) is 60.3 Å². The maximum absolute atomic E-state index is 12.8. The Kier molecular flexibility index (Phi) is 4.62. The predicted octanol–water partition coefficient (Wildman–Crippen LogP) is 2.87. The van der Waals surface area contributed by atoms with Crippen molar-refractivity contribution in [3.05, 3.63) is 70.9 Å². The fourth-order valence-electron chi connectivity index (χ4n) is 3.62. The lowest BCUT2D eigenvalue weighted by Crippen LogP contribution is -2.47. The second-order valence-electron chi connectivity index (χ2n) is 6.71. The second kappa shape index (κ2) is 7.08. The van der Waals surface area contributed by atoms with Crippen LogP contribution in [0.1, 0.15) is 5.56 Å². The molecule has 0 atom stereocenters. The molecule has 6 heteroatoms. The summed E-state index contributed by atoms with van der Waals surface area (Å²) in [6, 6.07) is 17.3. The topological polar surface area (TPSA) is 43.9 Å². The van der Waals surface area contributed by atoms with Crippen LogP contribution in [0.4, 0.5) is 5.69 Å². The molecule has 2 aliphatic heterocycles. The van der Waals surface area contributed by atoms with Gasteiger partial charge in [-0.3, -0.25) is 14.5 Å². The highest BCUT2D eigenvalue weighted by Crippen LogP contribution is 2.32. The first kappa shape index (κ1) is 17.6. The molecule has 0 bridgehead atoms. The number of carbonyl (C=O) groups excluding carboxylic acids is 2. The van der Waals surface area contributed by atoms with Crippen molar-refractivity contribution in [1.82, 2.24) is 9.80 Å². The summed E-state index contributed by atoms with van der Waals surface area (Å²) in [7, 11) is 1.54. The molecule has 2 aromatic carbocycles. The van der Waals surface area contributed by atoms with Crippen molar-refractivity contribution < 1.29 is 9.59 Å². The van der Waals surface area contributed by atoms with Gasteiger partial charge in [-0.25, -0.2) is 0 Å². The van der Waals surface area contributed by atoms with Crippen LogP contribution in [0.25, 0.3) is 5.57 Å². The maximum Gasteiger partial charge on any atom is 0.277 e. The van der Waals surface area contributed by atoms with Crippen LogP contribution in [0.5, 0.6) is 0 Å². The van der Waals surface area contributed by atoms with Gasteiger partial charge in [0.15, 0.2) is 0 Å².